The van der Waals surface area contributed by atoms with Gasteiger partial charge in [-0.25, -0.2) is 4.79 Å². The molecule has 2 rings (SSSR count). The third-order valence-electron chi connectivity index (χ3n) is 5.16. The maximum atomic E-state index is 12.7. The van der Waals surface area contributed by atoms with Crippen LogP contribution in [0.5, 0.6) is 0 Å². The van der Waals surface area contributed by atoms with Crippen LogP contribution in [-0.4, -0.2) is 42.4 Å². The van der Waals surface area contributed by atoms with Gasteiger partial charge >= 0.3 is 5.97 Å². The normalized spacial score (nSPS) is 12.5. The van der Waals surface area contributed by atoms with Gasteiger partial charge in [0.25, 0.3) is 11.8 Å². The SMILES string of the molecule is CC[C@H](C)[C@H](NC(=O)c1ccc(Cl)cc1)C(=O)OCC(=O)N(C)Cc1ccc(C)cc1. The summed E-state index contributed by atoms with van der Waals surface area (Å²) in [5.41, 5.74) is 2.52. The summed E-state index contributed by atoms with van der Waals surface area (Å²) in [6.07, 6.45) is 0.655. The second-order valence-electron chi connectivity index (χ2n) is 7.69. The van der Waals surface area contributed by atoms with E-state index in [4.69, 9.17) is 16.3 Å². The number of aryl methyl sites for hydroxylation is 1. The summed E-state index contributed by atoms with van der Waals surface area (Å²) in [5, 5.41) is 3.24. The molecule has 1 N–H and O–H groups in total. The lowest BCUT2D eigenvalue weighted by Gasteiger charge is -2.23. The molecule has 0 fully saturated rings. The lowest BCUT2D eigenvalue weighted by molar-refractivity contribution is -0.154. The van der Waals surface area contributed by atoms with E-state index in [1.807, 2.05) is 45.0 Å². The Labute approximate surface area is 188 Å². The van der Waals surface area contributed by atoms with Crippen LogP contribution in [0.15, 0.2) is 48.5 Å². The zero-order chi connectivity index (χ0) is 23.0. The molecule has 31 heavy (non-hydrogen) atoms. The summed E-state index contributed by atoms with van der Waals surface area (Å²) in [4.78, 5) is 39.1. The summed E-state index contributed by atoms with van der Waals surface area (Å²) in [6.45, 7) is 5.79. The largest absolute Gasteiger partial charge is 0.454 e. The van der Waals surface area contributed by atoms with E-state index in [1.54, 1.807) is 31.3 Å². The highest BCUT2D eigenvalue weighted by Crippen LogP contribution is 2.13. The average Bonchev–Trinajstić information content (AvgIpc) is 2.76. The smallest absolute Gasteiger partial charge is 0.329 e. The third-order valence-corrected chi connectivity index (χ3v) is 5.42. The number of hydrogen-bond donors (Lipinski definition) is 1. The summed E-state index contributed by atoms with van der Waals surface area (Å²) in [6, 6.07) is 13.4. The number of hydrogen-bond acceptors (Lipinski definition) is 4. The van der Waals surface area contributed by atoms with E-state index in [0.717, 1.165) is 11.1 Å². The molecule has 2 atom stereocenters. The van der Waals surface area contributed by atoms with Crippen LogP contribution in [0.25, 0.3) is 0 Å². The maximum Gasteiger partial charge on any atom is 0.329 e. The molecule has 0 aromatic heterocycles. The van der Waals surface area contributed by atoms with Crippen molar-refractivity contribution in [2.45, 2.75) is 39.8 Å². The summed E-state index contributed by atoms with van der Waals surface area (Å²) in [5.74, 6) is -1.51. The Balaban J connectivity index is 1.94. The van der Waals surface area contributed by atoms with Gasteiger partial charge < -0.3 is 15.0 Å². The number of likely N-dealkylation sites (N-methyl/N-ethyl adjacent to an activating group) is 1. The lowest BCUT2D eigenvalue weighted by Crippen LogP contribution is -2.46. The first-order valence-electron chi connectivity index (χ1n) is 10.2. The van der Waals surface area contributed by atoms with E-state index in [-0.39, 0.29) is 18.4 Å². The van der Waals surface area contributed by atoms with Crippen molar-refractivity contribution < 1.29 is 19.1 Å². The summed E-state index contributed by atoms with van der Waals surface area (Å²) in [7, 11) is 1.66. The van der Waals surface area contributed by atoms with E-state index in [9.17, 15) is 14.4 Å². The minimum atomic E-state index is -0.858. The number of nitrogens with one attached hydrogen (secondary N) is 1. The Morgan fingerprint density at radius 1 is 1.06 bits per heavy atom. The number of ether oxygens (including phenoxy) is 1. The molecular formula is C24H29ClN2O4. The molecule has 0 aliphatic heterocycles. The fraction of sp³-hybridized carbons (Fsp3) is 0.375. The van der Waals surface area contributed by atoms with Gasteiger partial charge in [0, 0.05) is 24.2 Å². The maximum absolute atomic E-state index is 12.7. The Kier molecular flexibility index (Phi) is 9.06. The highest BCUT2D eigenvalue weighted by atomic mass is 35.5. The van der Waals surface area contributed by atoms with Crippen LogP contribution in [-0.2, 0) is 20.9 Å². The van der Waals surface area contributed by atoms with Crippen molar-refractivity contribution in [3.63, 3.8) is 0 Å². The topological polar surface area (TPSA) is 75.7 Å². The molecule has 2 amide bonds. The van der Waals surface area contributed by atoms with Gasteiger partial charge in [-0.3, -0.25) is 9.59 Å². The van der Waals surface area contributed by atoms with Gasteiger partial charge in [-0.15, -0.1) is 0 Å². The molecule has 0 heterocycles. The number of esters is 1. The van der Waals surface area contributed by atoms with Gasteiger partial charge in [0.2, 0.25) is 0 Å². The lowest BCUT2D eigenvalue weighted by atomic mass is 9.99. The Morgan fingerprint density at radius 2 is 1.68 bits per heavy atom. The van der Waals surface area contributed by atoms with E-state index >= 15 is 0 Å². The van der Waals surface area contributed by atoms with E-state index in [1.165, 1.54) is 4.90 Å². The van der Waals surface area contributed by atoms with Crippen molar-refractivity contribution in [2.24, 2.45) is 5.92 Å². The number of nitrogens with zero attached hydrogens (tertiary/aromatic N) is 1. The minimum absolute atomic E-state index is 0.163. The standard InChI is InChI=1S/C24H29ClN2O4/c1-5-17(3)22(26-23(29)19-10-12-20(25)13-11-19)24(30)31-15-21(28)27(4)14-18-8-6-16(2)7-9-18/h6-13,17,22H,5,14-15H2,1-4H3,(H,26,29)/t17-,22-/m0/s1. The van der Waals surface area contributed by atoms with Gasteiger partial charge in [-0.05, 0) is 42.7 Å². The first-order chi connectivity index (χ1) is 14.7. The highest BCUT2D eigenvalue weighted by molar-refractivity contribution is 6.30. The second-order valence-corrected chi connectivity index (χ2v) is 8.12. The van der Waals surface area contributed by atoms with E-state index in [0.29, 0.717) is 23.6 Å². The molecule has 0 aliphatic rings. The second kappa shape index (κ2) is 11.5. The molecule has 0 bridgehead atoms. The van der Waals surface area contributed by atoms with Crippen LogP contribution < -0.4 is 5.32 Å². The number of halogens is 1. The average molecular weight is 445 g/mol. The molecular weight excluding hydrogens is 416 g/mol. The number of carbonyl (C=O) groups is 3. The Bertz CT molecular complexity index is 897. The number of benzene rings is 2. The van der Waals surface area contributed by atoms with E-state index < -0.39 is 17.9 Å². The van der Waals surface area contributed by atoms with Crippen molar-refractivity contribution in [1.82, 2.24) is 10.2 Å². The zero-order valence-corrected chi connectivity index (χ0v) is 19.1. The van der Waals surface area contributed by atoms with Crippen molar-refractivity contribution in [3.05, 3.63) is 70.2 Å². The van der Waals surface area contributed by atoms with Gasteiger partial charge in [0.05, 0.1) is 0 Å². The van der Waals surface area contributed by atoms with Crippen LogP contribution >= 0.6 is 11.6 Å². The van der Waals surface area contributed by atoms with Gasteiger partial charge in [0.1, 0.15) is 6.04 Å². The Hall–Kier alpha value is -2.86. The van der Waals surface area contributed by atoms with Crippen molar-refractivity contribution >= 4 is 29.4 Å². The molecule has 166 valence electrons. The van der Waals surface area contributed by atoms with Crippen molar-refractivity contribution in [1.29, 1.82) is 0 Å². The van der Waals surface area contributed by atoms with Crippen LogP contribution in [0.3, 0.4) is 0 Å². The zero-order valence-electron chi connectivity index (χ0n) is 18.4. The van der Waals surface area contributed by atoms with E-state index in [2.05, 4.69) is 5.32 Å². The van der Waals surface area contributed by atoms with Gasteiger partial charge in [-0.1, -0.05) is 61.7 Å². The van der Waals surface area contributed by atoms with Crippen LogP contribution in [0.1, 0.15) is 41.8 Å². The van der Waals surface area contributed by atoms with Gasteiger partial charge in [0.15, 0.2) is 6.61 Å². The molecule has 2 aromatic carbocycles. The molecule has 0 aliphatic carbocycles. The fourth-order valence-electron chi connectivity index (χ4n) is 2.88. The molecule has 0 spiro atoms. The van der Waals surface area contributed by atoms with Crippen molar-refractivity contribution in [3.8, 4) is 0 Å². The van der Waals surface area contributed by atoms with Crippen LogP contribution in [0.2, 0.25) is 5.02 Å². The molecule has 6 nitrogen and oxygen atoms in total. The van der Waals surface area contributed by atoms with Gasteiger partial charge in [-0.2, -0.15) is 0 Å². The molecule has 0 saturated heterocycles. The van der Waals surface area contributed by atoms with Crippen LogP contribution in [0, 0.1) is 12.8 Å². The predicted molar refractivity (Wildman–Crippen MR) is 121 cm³/mol. The Morgan fingerprint density at radius 3 is 2.26 bits per heavy atom. The number of amides is 2. The number of rotatable bonds is 9. The first-order valence-corrected chi connectivity index (χ1v) is 10.6. The molecule has 0 unspecified atom stereocenters. The molecule has 2 aromatic rings. The molecule has 7 heteroatoms. The molecule has 0 saturated carbocycles. The highest BCUT2D eigenvalue weighted by Gasteiger charge is 2.28. The monoisotopic (exact) mass is 444 g/mol. The third kappa shape index (κ3) is 7.40. The predicted octanol–water partition coefficient (Wildman–Crippen LogP) is 3.99. The minimum Gasteiger partial charge on any atom is -0.454 e. The first kappa shape index (κ1) is 24.4. The number of carbonyl (C=O) groups excluding carboxylic acids is 3. The summed E-state index contributed by atoms with van der Waals surface area (Å²) < 4.78 is 5.26. The summed E-state index contributed by atoms with van der Waals surface area (Å²) >= 11 is 5.86. The quantitative estimate of drug-likeness (QED) is 0.593. The molecule has 0 radical (unpaired) electrons. The van der Waals surface area contributed by atoms with Crippen LogP contribution in [0.4, 0.5) is 0 Å². The van der Waals surface area contributed by atoms with Crippen molar-refractivity contribution in [2.75, 3.05) is 13.7 Å². The fourth-order valence-corrected chi connectivity index (χ4v) is 3.01.